The van der Waals surface area contributed by atoms with Crippen molar-refractivity contribution in [1.29, 1.82) is 0 Å². The predicted molar refractivity (Wildman–Crippen MR) is 435 cm³/mol. The molecule has 0 bridgehead atoms. The molecule has 596 valence electrons. The molecule has 0 aliphatic heterocycles. The van der Waals surface area contributed by atoms with Gasteiger partial charge >= 0.3 is 11.9 Å². The topological polar surface area (TPSA) is 111 Å². The highest BCUT2D eigenvalue weighted by molar-refractivity contribution is 7.45. The van der Waals surface area contributed by atoms with E-state index in [-0.39, 0.29) is 32.0 Å². The van der Waals surface area contributed by atoms with E-state index in [1.165, 1.54) is 437 Å². The number of carbonyl (C=O) groups is 2. The molecular weight excluding hydrogens is 1250 g/mol. The van der Waals surface area contributed by atoms with Gasteiger partial charge in [-0.2, -0.15) is 0 Å². The molecule has 0 aliphatic rings. The number of ether oxygens (including phenoxy) is 2. The van der Waals surface area contributed by atoms with Crippen LogP contribution in [-0.2, 0) is 32.7 Å². The second-order valence-corrected chi connectivity index (χ2v) is 34.1. The van der Waals surface area contributed by atoms with Crippen LogP contribution in [0.2, 0.25) is 0 Å². The van der Waals surface area contributed by atoms with Crippen molar-refractivity contribution in [1.82, 2.24) is 0 Å². The van der Waals surface area contributed by atoms with Crippen LogP contribution in [0.4, 0.5) is 0 Å². The minimum Gasteiger partial charge on any atom is -0.756 e. The lowest BCUT2D eigenvalue weighted by Crippen LogP contribution is -2.37. The Bertz CT molecular complexity index is 1690. The average molecular weight is 1430 g/mol. The third-order valence-corrected chi connectivity index (χ3v) is 22.2. The van der Waals surface area contributed by atoms with Gasteiger partial charge in [-0.15, -0.1) is 0 Å². The summed E-state index contributed by atoms with van der Waals surface area (Å²) >= 11 is 0. The molecule has 0 saturated heterocycles. The molecule has 9 nitrogen and oxygen atoms in total. The van der Waals surface area contributed by atoms with Gasteiger partial charge in [0.1, 0.15) is 19.8 Å². The van der Waals surface area contributed by atoms with Crippen molar-refractivity contribution in [3.05, 3.63) is 12.2 Å². The van der Waals surface area contributed by atoms with Gasteiger partial charge < -0.3 is 27.9 Å². The summed E-state index contributed by atoms with van der Waals surface area (Å²) in [5, 5.41) is 0. The largest absolute Gasteiger partial charge is 0.756 e. The highest BCUT2D eigenvalue weighted by atomic mass is 31.2. The number of carbonyl (C=O) groups excluding carboxylic acids is 2. The molecule has 0 amide bonds. The van der Waals surface area contributed by atoms with Gasteiger partial charge in [0, 0.05) is 12.8 Å². The van der Waals surface area contributed by atoms with Gasteiger partial charge in [-0.1, -0.05) is 463 Å². The van der Waals surface area contributed by atoms with Crippen LogP contribution >= 0.6 is 7.82 Å². The fourth-order valence-electron chi connectivity index (χ4n) is 14.4. The summed E-state index contributed by atoms with van der Waals surface area (Å²) in [4.78, 5) is 38.3. The maximum absolute atomic E-state index is 12.9. The highest BCUT2D eigenvalue weighted by Gasteiger charge is 2.22. The predicted octanol–water partition coefficient (Wildman–Crippen LogP) is 29.9. The number of unbranched alkanes of at least 4 members (excludes halogenated alkanes) is 71. The lowest BCUT2D eigenvalue weighted by molar-refractivity contribution is -0.870. The van der Waals surface area contributed by atoms with E-state index in [0.717, 1.165) is 32.1 Å². The normalized spacial score (nSPS) is 12.9. The van der Waals surface area contributed by atoms with Crippen LogP contribution in [0.15, 0.2) is 12.2 Å². The fourth-order valence-corrected chi connectivity index (χ4v) is 15.1. The summed E-state index contributed by atoms with van der Waals surface area (Å²) in [6.07, 6.45) is 105. The number of likely N-dealkylation sites (N-methyl/N-ethyl adjacent to an activating group) is 1. The van der Waals surface area contributed by atoms with E-state index in [1.54, 1.807) is 0 Å². The lowest BCUT2D eigenvalue weighted by Gasteiger charge is -2.28. The molecule has 0 heterocycles. The quantitative estimate of drug-likeness (QED) is 0.0195. The van der Waals surface area contributed by atoms with Crippen molar-refractivity contribution in [2.45, 2.75) is 508 Å². The molecule has 2 atom stereocenters. The minimum atomic E-state index is -4.64. The van der Waals surface area contributed by atoms with Gasteiger partial charge in [0.05, 0.1) is 27.7 Å². The van der Waals surface area contributed by atoms with Crippen molar-refractivity contribution in [2.75, 3.05) is 47.5 Å². The maximum atomic E-state index is 12.9. The molecular formula is C90H178NO8P. The lowest BCUT2D eigenvalue weighted by atomic mass is 10.0. The molecule has 0 N–H and O–H groups in total. The summed E-state index contributed by atoms with van der Waals surface area (Å²) in [7, 11) is 1.20. The molecule has 0 aromatic carbocycles. The van der Waals surface area contributed by atoms with Crippen molar-refractivity contribution in [3.63, 3.8) is 0 Å². The summed E-state index contributed by atoms with van der Waals surface area (Å²) in [6.45, 7) is 4.35. The van der Waals surface area contributed by atoms with Crippen molar-refractivity contribution < 1.29 is 42.1 Å². The zero-order chi connectivity index (χ0) is 72.5. The number of phosphoric acid groups is 1. The van der Waals surface area contributed by atoms with Gasteiger partial charge in [0.15, 0.2) is 6.10 Å². The first kappa shape index (κ1) is 98.8. The third-order valence-electron chi connectivity index (χ3n) is 21.3. The van der Waals surface area contributed by atoms with Gasteiger partial charge in [-0.25, -0.2) is 0 Å². The summed E-state index contributed by atoms with van der Waals surface area (Å²) in [5.41, 5.74) is 0. The average Bonchev–Trinajstić information content (AvgIpc) is 1.07. The Morgan fingerprint density at radius 2 is 0.510 bits per heavy atom. The molecule has 0 saturated carbocycles. The zero-order valence-corrected chi connectivity index (χ0v) is 69.4. The number of esters is 2. The Morgan fingerprint density at radius 3 is 0.740 bits per heavy atom. The van der Waals surface area contributed by atoms with E-state index in [0.29, 0.717) is 17.4 Å². The van der Waals surface area contributed by atoms with Crippen LogP contribution in [0.1, 0.15) is 502 Å². The Hall–Kier alpha value is -1.25. The number of nitrogens with zero attached hydrogens (tertiary/aromatic N) is 1. The monoisotopic (exact) mass is 1430 g/mol. The van der Waals surface area contributed by atoms with E-state index >= 15 is 0 Å². The number of allylic oxidation sites excluding steroid dienone is 2. The second kappa shape index (κ2) is 81.8. The smallest absolute Gasteiger partial charge is 0.306 e. The van der Waals surface area contributed by atoms with Gasteiger partial charge in [0.25, 0.3) is 7.82 Å². The molecule has 0 fully saturated rings. The van der Waals surface area contributed by atoms with Crippen LogP contribution in [0.25, 0.3) is 0 Å². The number of rotatable bonds is 87. The molecule has 0 rings (SSSR count). The molecule has 0 spiro atoms. The van der Waals surface area contributed by atoms with Crippen LogP contribution < -0.4 is 4.89 Å². The van der Waals surface area contributed by atoms with Crippen LogP contribution in [0, 0.1) is 0 Å². The SMILES string of the molecule is CCCCCCCCCC/C=C\CCCCCCCCCCCCCCCCCCCCCCCCCCCCCC(=O)OC(COC(=O)CCCCCCCCCCCCCCCCCCCCCCCCCCCCCCCCCCCCCCC)COP(=O)([O-])OCC[N+](C)(C)C. The first-order chi connectivity index (χ1) is 49.0. The van der Waals surface area contributed by atoms with Crippen molar-refractivity contribution in [2.24, 2.45) is 0 Å². The first-order valence-electron chi connectivity index (χ1n) is 45.4. The van der Waals surface area contributed by atoms with Crippen LogP contribution in [0.5, 0.6) is 0 Å². The molecule has 10 heteroatoms. The number of phosphoric ester groups is 1. The maximum Gasteiger partial charge on any atom is 0.306 e. The standard InChI is InChI=1S/C90H178NO8P/c1-6-8-10-12-14-16-18-20-22-24-26-28-30-32-34-36-38-40-42-44-45-47-49-51-53-55-57-59-61-63-65-67-69-71-73-75-77-79-81-83-90(93)99-88(87-98-100(94,95)97-85-84-91(3,4)5)86-96-89(92)82-80-78-76-74-72-70-68-66-64-62-60-58-56-54-52-50-48-46-43-41-39-37-35-33-31-29-27-25-23-21-19-17-15-13-11-9-7-2/h24,26,88H,6-23,25,27-87H2,1-5H3/b26-24-. The third kappa shape index (κ3) is 85.7. The Labute approximate surface area is 626 Å². The minimum absolute atomic E-state index is 0.0252. The zero-order valence-electron chi connectivity index (χ0n) is 68.5. The highest BCUT2D eigenvalue weighted by Crippen LogP contribution is 2.38. The summed E-state index contributed by atoms with van der Waals surface area (Å²) in [5.74, 6) is -0.799. The Morgan fingerprint density at radius 1 is 0.300 bits per heavy atom. The number of hydrogen-bond acceptors (Lipinski definition) is 8. The van der Waals surface area contributed by atoms with Gasteiger partial charge in [-0.05, 0) is 38.5 Å². The first-order valence-corrected chi connectivity index (χ1v) is 46.9. The second-order valence-electron chi connectivity index (χ2n) is 32.7. The van der Waals surface area contributed by atoms with Crippen molar-refractivity contribution >= 4 is 19.8 Å². The molecule has 2 unspecified atom stereocenters. The Balaban J connectivity index is 3.82. The molecule has 0 aromatic heterocycles. The number of hydrogen-bond donors (Lipinski definition) is 0. The van der Waals surface area contributed by atoms with E-state index in [1.807, 2.05) is 21.1 Å². The summed E-state index contributed by atoms with van der Waals surface area (Å²) < 4.78 is 34.5. The van der Waals surface area contributed by atoms with Gasteiger partial charge in [0.2, 0.25) is 0 Å². The molecule has 0 radical (unpaired) electrons. The van der Waals surface area contributed by atoms with E-state index in [2.05, 4.69) is 26.0 Å². The Kier molecular flexibility index (Phi) is 80.8. The van der Waals surface area contributed by atoms with Crippen LogP contribution in [0.3, 0.4) is 0 Å². The molecule has 100 heavy (non-hydrogen) atoms. The van der Waals surface area contributed by atoms with Crippen molar-refractivity contribution in [3.8, 4) is 0 Å². The van der Waals surface area contributed by atoms with E-state index in [9.17, 15) is 19.0 Å². The number of quaternary nitrogens is 1. The van der Waals surface area contributed by atoms with Gasteiger partial charge in [-0.3, -0.25) is 14.2 Å². The van der Waals surface area contributed by atoms with E-state index < -0.39 is 26.5 Å². The molecule has 0 aliphatic carbocycles. The fraction of sp³-hybridized carbons (Fsp3) is 0.956. The summed E-state index contributed by atoms with van der Waals surface area (Å²) in [6, 6.07) is 0. The molecule has 0 aromatic rings. The van der Waals surface area contributed by atoms with Crippen LogP contribution in [-0.4, -0.2) is 70.0 Å². The van der Waals surface area contributed by atoms with E-state index in [4.69, 9.17) is 18.5 Å².